The van der Waals surface area contributed by atoms with Crippen LogP contribution in [0.3, 0.4) is 0 Å². The Morgan fingerprint density at radius 2 is 2.18 bits per heavy atom. The number of sulfonamides is 1. The van der Waals surface area contributed by atoms with Crippen LogP contribution in [0.2, 0.25) is 0 Å². The van der Waals surface area contributed by atoms with Crippen LogP contribution in [0.5, 0.6) is 0 Å². The second kappa shape index (κ2) is 5.20. The van der Waals surface area contributed by atoms with Crippen LogP contribution in [0.1, 0.15) is 12.8 Å². The van der Waals surface area contributed by atoms with Crippen molar-refractivity contribution in [1.82, 2.24) is 9.29 Å². The van der Waals surface area contributed by atoms with Gasteiger partial charge >= 0.3 is 5.97 Å². The molecule has 1 aliphatic carbocycles. The number of hydrogen-bond acceptors (Lipinski definition) is 6. The van der Waals surface area contributed by atoms with E-state index < -0.39 is 22.0 Å². The summed E-state index contributed by atoms with van der Waals surface area (Å²) in [6.07, 6.45) is 3.13. The van der Waals surface area contributed by atoms with Crippen molar-refractivity contribution < 1.29 is 22.7 Å². The average Bonchev–Trinajstić information content (AvgIpc) is 3.03. The number of nitrogens with zero attached hydrogens (tertiary/aromatic N) is 2. The van der Waals surface area contributed by atoms with Gasteiger partial charge in [-0.05, 0) is 18.6 Å². The van der Waals surface area contributed by atoms with E-state index in [-0.39, 0.29) is 29.6 Å². The first-order chi connectivity index (χ1) is 10.4. The molecule has 1 aliphatic heterocycles. The maximum absolute atomic E-state index is 12.8. The summed E-state index contributed by atoms with van der Waals surface area (Å²) in [4.78, 5) is 27.4. The lowest BCUT2D eigenvalue weighted by molar-refractivity contribution is -0.144. The van der Waals surface area contributed by atoms with Crippen LogP contribution >= 0.6 is 0 Å². The van der Waals surface area contributed by atoms with E-state index in [9.17, 15) is 18.0 Å². The highest BCUT2D eigenvalue weighted by atomic mass is 32.2. The quantitative estimate of drug-likeness (QED) is 0.752. The first-order valence-corrected chi connectivity index (χ1v) is 8.17. The van der Waals surface area contributed by atoms with Crippen LogP contribution in [0.25, 0.3) is 0 Å². The third kappa shape index (κ3) is 2.19. The molecule has 1 aromatic heterocycles. The Hall–Kier alpha value is -2.22. The zero-order valence-corrected chi connectivity index (χ0v) is 12.6. The van der Waals surface area contributed by atoms with Crippen LogP contribution in [-0.4, -0.2) is 42.6 Å². The standard InChI is InChI=1S/C14H14N2O5S/c1-21-14(18)12-7-9-6-10(17)8-11(9)16(12)22(19,20)13-4-2-3-5-15-13/h2-5,8-9,12H,6-7H2,1H3/t9-,12-/m0/s1. The molecule has 116 valence electrons. The highest BCUT2D eigenvalue weighted by Crippen LogP contribution is 2.43. The van der Waals surface area contributed by atoms with Crippen molar-refractivity contribution in [2.45, 2.75) is 23.9 Å². The third-order valence-electron chi connectivity index (χ3n) is 3.85. The fraction of sp³-hybridized carbons (Fsp3) is 0.357. The Balaban J connectivity index is 2.09. The summed E-state index contributed by atoms with van der Waals surface area (Å²) in [5.74, 6) is -1.04. The molecule has 0 amide bonds. The van der Waals surface area contributed by atoms with E-state index in [0.29, 0.717) is 5.70 Å². The zero-order chi connectivity index (χ0) is 15.9. The number of esters is 1. The van der Waals surface area contributed by atoms with Crippen LogP contribution in [0.4, 0.5) is 0 Å². The summed E-state index contributed by atoms with van der Waals surface area (Å²) in [7, 11) is -2.81. The Labute approximate surface area is 127 Å². The number of methoxy groups -OCH3 is 1. The third-order valence-corrected chi connectivity index (χ3v) is 5.61. The highest BCUT2D eigenvalue weighted by Gasteiger charge is 2.50. The number of pyridine rings is 1. The van der Waals surface area contributed by atoms with Gasteiger partial charge in [-0.2, -0.15) is 8.42 Å². The second-order valence-electron chi connectivity index (χ2n) is 5.18. The summed E-state index contributed by atoms with van der Waals surface area (Å²) < 4.78 is 31.3. The number of rotatable bonds is 3. The number of carbonyl (C=O) groups excluding carboxylic acids is 2. The molecule has 2 heterocycles. The van der Waals surface area contributed by atoms with Crippen molar-refractivity contribution >= 4 is 21.8 Å². The summed E-state index contributed by atoms with van der Waals surface area (Å²) in [6, 6.07) is 3.55. The Bertz CT molecular complexity index is 757. The first kappa shape index (κ1) is 14.7. The molecule has 0 radical (unpaired) electrons. The molecule has 7 nitrogen and oxygen atoms in total. The summed E-state index contributed by atoms with van der Waals surface area (Å²) in [5.41, 5.74) is 0.353. The smallest absolute Gasteiger partial charge is 0.329 e. The lowest BCUT2D eigenvalue weighted by atomic mass is 10.0. The molecule has 0 spiro atoms. The first-order valence-electron chi connectivity index (χ1n) is 6.73. The number of ether oxygens (including phenoxy) is 1. The average molecular weight is 322 g/mol. The minimum Gasteiger partial charge on any atom is -0.467 e. The van der Waals surface area contributed by atoms with Gasteiger partial charge < -0.3 is 4.74 Å². The van der Waals surface area contributed by atoms with Gasteiger partial charge in [0.15, 0.2) is 10.8 Å². The van der Waals surface area contributed by atoms with Crippen LogP contribution < -0.4 is 0 Å². The van der Waals surface area contributed by atoms with E-state index in [1.807, 2.05) is 0 Å². The van der Waals surface area contributed by atoms with Gasteiger partial charge in [0.2, 0.25) is 0 Å². The molecule has 1 fully saturated rings. The molecule has 1 saturated heterocycles. The predicted molar refractivity (Wildman–Crippen MR) is 74.9 cm³/mol. The van der Waals surface area contributed by atoms with Gasteiger partial charge in [0.1, 0.15) is 6.04 Å². The van der Waals surface area contributed by atoms with Crippen LogP contribution in [0, 0.1) is 5.92 Å². The lowest BCUT2D eigenvalue weighted by Gasteiger charge is -2.24. The van der Waals surface area contributed by atoms with E-state index in [2.05, 4.69) is 4.98 Å². The van der Waals surface area contributed by atoms with Gasteiger partial charge in [-0.3, -0.25) is 9.10 Å². The van der Waals surface area contributed by atoms with E-state index in [4.69, 9.17) is 4.74 Å². The number of fused-ring (bicyclic) bond motifs is 1. The maximum Gasteiger partial charge on any atom is 0.329 e. The van der Waals surface area contributed by atoms with Crippen molar-refractivity contribution in [3.8, 4) is 0 Å². The molecular weight excluding hydrogens is 308 g/mol. The van der Waals surface area contributed by atoms with E-state index >= 15 is 0 Å². The van der Waals surface area contributed by atoms with Crippen molar-refractivity contribution in [1.29, 1.82) is 0 Å². The molecule has 1 aromatic rings. The topological polar surface area (TPSA) is 93.6 Å². The Morgan fingerprint density at radius 3 is 2.82 bits per heavy atom. The molecule has 22 heavy (non-hydrogen) atoms. The predicted octanol–water partition coefficient (Wildman–Crippen LogP) is 0.490. The number of aromatic nitrogens is 1. The number of carbonyl (C=O) groups is 2. The molecule has 0 aromatic carbocycles. The molecule has 8 heteroatoms. The Morgan fingerprint density at radius 1 is 1.41 bits per heavy atom. The van der Waals surface area contributed by atoms with Gasteiger partial charge in [0.25, 0.3) is 10.0 Å². The second-order valence-corrected chi connectivity index (χ2v) is 6.94. The molecule has 2 atom stereocenters. The maximum atomic E-state index is 12.8. The van der Waals surface area contributed by atoms with Crippen molar-refractivity contribution in [3.63, 3.8) is 0 Å². The van der Waals surface area contributed by atoms with Crippen LogP contribution in [-0.2, 0) is 24.3 Å². The summed E-state index contributed by atoms with van der Waals surface area (Å²) >= 11 is 0. The Kier molecular flexibility index (Phi) is 3.48. The fourth-order valence-electron chi connectivity index (χ4n) is 2.92. The zero-order valence-electron chi connectivity index (χ0n) is 11.8. The highest BCUT2D eigenvalue weighted by molar-refractivity contribution is 7.89. The van der Waals surface area contributed by atoms with Gasteiger partial charge in [0.05, 0.1) is 7.11 Å². The fourth-order valence-corrected chi connectivity index (χ4v) is 4.55. The van der Waals surface area contributed by atoms with Crippen molar-refractivity contribution in [2.24, 2.45) is 5.92 Å². The molecule has 2 aliphatic rings. The minimum absolute atomic E-state index is 0.135. The molecular formula is C14H14N2O5S. The molecule has 0 saturated carbocycles. The van der Waals surface area contributed by atoms with Crippen molar-refractivity contribution in [3.05, 3.63) is 36.2 Å². The van der Waals surface area contributed by atoms with Crippen molar-refractivity contribution in [2.75, 3.05) is 7.11 Å². The SMILES string of the molecule is COC(=O)[C@@H]1C[C@@H]2CC(=O)C=C2N1S(=O)(=O)c1ccccn1. The van der Waals surface area contributed by atoms with Gasteiger partial charge in [-0.25, -0.2) is 9.78 Å². The summed E-state index contributed by atoms with van der Waals surface area (Å²) in [5, 5.41) is -0.162. The van der Waals surface area contributed by atoms with E-state index in [1.54, 1.807) is 12.1 Å². The molecule has 0 unspecified atom stereocenters. The molecule has 3 rings (SSSR count). The van der Waals surface area contributed by atoms with E-state index in [1.165, 1.54) is 25.4 Å². The largest absolute Gasteiger partial charge is 0.467 e. The van der Waals surface area contributed by atoms with Gasteiger partial charge in [0, 0.05) is 30.3 Å². The van der Waals surface area contributed by atoms with Crippen LogP contribution in [0.15, 0.2) is 41.2 Å². The van der Waals surface area contributed by atoms with E-state index in [0.717, 1.165) is 4.31 Å². The number of hydrogen-bond donors (Lipinski definition) is 0. The monoisotopic (exact) mass is 322 g/mol. The molecule has 0 N–H and O–H groups in total. The normalized spacial score (nSPS) is 24.1. The minimum atomic E-state index is -4.02. The number of ketones is 1. The van der Waals surface area contributed by atoms with Gasteiger partial charge in [-0.15, -0.1) is 0 Å². The molecule has 0 bridgehead atoms. The summed E-state index contributed by atoms with van der Waals surface area (Å²) in [6.45, 7) is 0. The van der Waals surface area contributed by atoms with Gasteiger partial charge in [-0.1, -0.05) is 6.07 Å². The lowest BCUT2D eigenvalue weighted by Crippen LogP contribution is -2.40. The number of allylic oxidation sites excluding steroid dienone is 2.